The van der Waals surface area contributed by atoms with Gasteiger partial charge in [0.25, 0.3) is 5.91 Å². The number of nitrogens with zero attached hydrogens (tertiary/aromatic N) is 1. The number of benzene rings is 1. The van der Waals surface area contributed by atoms with Gasteiger partial charge in [-0.2, -0.15) is 13.2 Å². The van der Waals surface area contributed by atoms with E-state index in [1.807, 2.05) is 0 Å². The van der Waals surface area contributed by atoms with Crippen LogP contribution in [0.15, 0.2) is 24.3 Å². The third-order valence-corrected chi connectivity index (χ3v) is 3.38. The van der Waals surface area contributed by atoms with Crippen LogP contribution in [0, 0.1) is 0 Å². The van der Waals surface area contributed by atoms with Crippen molar-refractivity contribution in [3.8, 4) is 5.75 Å². The fourth-order valence-corrected chi connectivity index (χ4v) is 2.29. The average molecular weight is 302 g/mol. The number of carbonyl (C=O) groups is 1. The molecule has 21 heavy (non-hydrogen) atoms. The van der Waals surface area contributed by atoms with Crippen LogP contribution in [0.5, 0.6) is 5.75 Å². The molecule has 1 aromatic carbocycles. The van der Waals surface area contributed by atoms with Crippen LogP contribution in [0.25, 0.3) is 0 Å². The smallest absolute Gasteiger partial charge is 0.419 e. The van der Waals surface area contributed by atoms with E-state index in [4.69, 9.17) is 10.5 Å². The number of alkyl halides is 3. The van der Waals surface area contributed by atoms with Crippen LogP contribution >= 0.6 is 0 Å². The van der Waals surface area contributed by atoms with Crippen molar-refractivity contribution in [2.45, 2.75) is 31.7 Å². The van der Waals surface area contributed by atoms with Gasteiger partial charge in [0.2, 0.25) is 0 Å². The molecule has 1 heterocycles. The summed E-state index contributed by atoms with van der Waals surface area (Å²) in [5, 5.41) is 0. The molecule has 4 nitrogen and oxygen atoms in total. The van der Waals surface area contributed by atoms with Crippen LogP contribution in [0.4, 0.5) is 13.2 Å². The second kappa shape index (κ2) is 5.93. The number of amides is 1. The van der Waals surface area contributed by atoms with Crippen LogP contribution < -0.4 is 10.5 Å². The first-order valence-electron chi connectivity index (χ1n) is 6.66. The molecule has 1 aliphatic rings. The summed E-state index contributed by atoms with van der Waals surface area (Å²) < 4.78 is 43.8. The number of ether oxygens (including phenoxy) is 1. The first kappa shape index (κ1) is 15.6. The Hall–Kier alpha value is -1.76. The first-order chi connectivity index (χ1) is 9.79. The van der Waals surface area contributed by atoms with E-state index in [1.165, 1.54) is 30.0 Å². The number of halogens is 3. The number of hydrogen-bond donors (Lipinski definition) is 1. The van der Waals surface area contributed by atoms with Crippen molar-refractivity contribution in [3.05, 3.63) is 29.8 Å². The Morgan fingerprint density at radius 2 is 2.10 bits per heavy atom. The topological polar surface area (TPSA) is 55.6 Å². The van der Waals surface area contributed by atoms with Crippen molar-refractivity contribution < 1.29 is 22.7 Å². The number of para-hydroxylation sites is 1. The minimum atomic E-state index is -4.52. The van der Waals surface area contributed by atoms with Gasteiger partial charge in [0.15, 0.2) is 6.10 Å². The number of nitrogens with two attached hydrogens (primary N) is 1. The quantitative estimate of drug-likeness (QED) is 0.929. The Kier molecular flexibility index (Phi) is 4.41. The van der Waals surface area contributed by atoms with Crippen molar-refractivity contribution in [3.63, 3.8) is 0 Å². The van der Waals surface area contributed by atoms with Crippen LogP contribution in [0.3, 0.4) is 0 Å². The van der Waals surface area contributed by atoms with Crippen LogP contribution in [-0.2, 0) is 11.0 Å². The minimum Gasteiger partial charge on any atom is -0.480 e. The van der Waals surface area contributed by atoms with Crippen molar-refractivity contribution in [2.75, 3.05) is 13.1 Å². The van der Waals surface area contributed by atoms with Crippen molar-refractivity contribution >= 4 is 5.91 Å². The summed E-state index contributed by atoms with van der Waals surface area (Å²) in [5.74, 6) is -0.686. The lowest BCUT2D eigenvalue weighted by Crippen LogP contribution is -2.40. The van der Waals surface area contributed by atoms with Gasteiger partial charge in [-0.15, -0.1) is 0 Å². The molecule has 0 bridgehead atoms. The highest BCUT2D eigenvalue weighted by Gasteiger charge is 2.35. The lowest BCUT2D eigenvalue weighted by molar-refractivity contribution is -0.143. The highest BCUT2D eigenvalue weighted by Crippen LogP contribution is 2.36. The maximum absolute atomic E-state index is 12.9. The average Bonchev–Trinajstić information content (AvgIpc) is 2.84. The van der Waals surface area contributed by atoms with E-state index in [9.17, 15) is 18.0 Å². The van der Waals surface area contributed by atoms with Crippen LogP contribution in [0.1, 0.15) is 18.9 Å². The molecule has 2 rings (SSSR count). The summed E-state index contributed by atoms with van der Waals surface area (Å²) in [6, 6.07) is 4.78. The summed E-state index contributed by atoms with van der Waals surface area (Å²) in [5.41, 5.74) is 4.83. The van der Waals surface area contributed by atoms with Crippen LogP contribution in [-0.4, -0.2) is 36.0 Å². The number of likely N-dealkylation sites (tertiary alicyclic amines) is 1. The molecule has 0 aliphatic carbocycles. The van der Waals surface area contributed by atoms with E-state index < -0.39 is 17.8 Å². The lowest BCUT2D eigenvalue weighted by Gasteiger charge is -2.23. The van der Waals surface area contributed by atoms with Gasteiger partial charge < -0.3 is 15.4 Å². The Morgan fingerprint density at radius 1 is 1.43 bits per heavy atom. The predicted octanol–water partition coefficient (Wildman–Crippen LogP) is 2.03. The molecule has 2 atom stereocenters. The summed E-state index contributed by atoms with van der Waals surface area (Å²) >= 11 is 0. The Balaban J connectivity index is 2.09. The Morgan fingerprint density at radius 3 is 2.67 bits per heavy atom. The molecule has 116 valence electrons. The molecule has 1 aromatic rings. The second-order valence-corrected chi connectivity index (χ2v) is 5.09. The van der Waals surface area contributed by atoms with Crippen molar-refractivity contribution in [2.24, 2.45) is 5.73 Å². The third kappa shape index (κ3) is 3.66. The van der Waals surface area contributed by atoms with Gasteiger partial charge in [0.05, 0.1) is 5.56 Å². The summed E-state index contributed by atoms with van der Waals surface area (Å²) in [7, 11) is 0. The van der Waals surface area contributed by atoms with Gasteiger partial charge in [0.1, 0.15) is 5.75 Å². The van der Waals surface area contributed by atoms with E-state index in [-0.39, 0.29) is 17.7 Å². The zero-order valence-electron chi connectivity index (χ0n) is 11.6. The normalized spacial score (nSPS) is 20.4. The van der Waals surface area contributed by atoms with Crippen molar-refractivity contribution in [1.82, 2.24) is 4.90 Å². The lowest BCUT2D eigenvalue weighted by atomic mass is 10.2. The van der Waals surface area contributed by atoms with E-state index in [2.05, 4.69) is 0 Å². The number of hydrogen-bond acceptors (Lipinski definition) is 3. The summed E-state index contributed by atoms with van der Waals surface area (Å²) in [4.78, 5) is 13.6. The monoisotopic (exact) mass is 302 g/mol. The molecule has 0 radical (unpaired) electrons. The van der Waals surface area contributed by atoms with Crippen LogP contribution in [0.2, 0.25) is 0 Å². The van der Waals surface area contributed by atoms with Gasteiger partial charge in [0, 0.05) is 19.1 Å². The van der Waals surface area contributed by atoms with E-state index >= 15 is 0 Å². The van der Waals surface area contributed by atoms with Gasteiger partial charge in [-0.3, -0.25) is 4.79 Å². The molecule has 0 aromatic heterocycles. The van der Waals surface area contributed by atoms with Gasteiger partial charge in [-0.05, 0) is 25.5 Å². The fourth-order valence-electron chi connectivity index (χ4n) is 2.29. The molecule has 0 spiro atoms. The first-order valence-corrected chi connectivity index (χ1v) is 6.66. The van der Waals surface area contributed by atoms with E-state index in [0.717, 1.165) is 6.07 Å². The molecule has 2 N–H and O–H groups in total. The van der Waals surface area contributed by atoms with E-state index in [0.29, 0.717) is 19.5 Å². The molecule has 1 aliphatic heterocycles. The maximum atomic E-state index is 12.9. The summed E-state index contributed by atoms with van der Waals surface area (Å²) in [6.45, 7) is 2.36. The van der Waals surface area contributed by atoms with Gasteiger partial charge in [-0.25, -0.2) is 0 Å². The molecule has 0 saturated carbocycles. The Bertz CT molecular complexity index is 519. The molecule has 1 fully saturated rings. The number of carbonyl (C=O) groups excluding carboxylic acids is 1. The SMILES string of the molecule is CC(Oc1ccccc1C(F)(F)F)C(=O)N1CCC(N)C1. The molecular weight excluding hydrogens is 285 g/mol. The van der Waals surface area contributed by atoms with Gasteiger partial charge in [-0.1, -0.05) is 12.1 Å². The molecular formula is C14H17F3N2O2. The molecule has 7 heteroatoms. The van der Waals surface area contributed by atoms with E-state index in [1.54, 1.807) is 0 Å². The fraction of sp³-hybridized carbons (Fsp3) is 0.500. The third-order valence-electron chi connectivity index (χ3n) is 3.38. The van der Waals surface area contributed by atoms with Gasteiger partial charge >= 0.3 is 6.18 Å². The highest BCUT2D eigenvalue weighted by molar-refractivity contribution is 5.81. The molecule has 1 saturated heterocycles. The zero-order chi connectivity index (χ0) is 15.6. The van der Waals surface area contributed by atoms with Crippen molar-refractivity contribution in [1.29, 1.82) is 0 Å². The predicted molar refractivity (Wildman–Crippen MR) is 70.7 cm³/mol. The zero-order valence-corrected chi connectivity index (χ0v) is 11.6. The molecule has 1 amide bonds. The molecule has 2 unspecified atom stereocenters. The summed E-state index contributed by atoms with van der Waals surface area (Å²) in [6.07, 6.45) is -4.81. The highest BCUT2D eigenvalue weighted by atomic mass is 19.4. The second-order valence-electron chi connectivity index (χ2n) is 5.09. The number of rotatable bonds is 3. The standard InChI is InChI=1S/C14H17F3N2O2/c1-9(13(20)19-7-6-10(18)8-19)21-12-5-3-2-4-11(12)14(15,16)17/h2-5,9-10H,6-8,18H2,1H3. The maximum Gasteiger partial charge on any atom is 0.419 e. The Labute approximate surface area is 120 Å². The largest absolute Gasteiger partial charge is 0.480 e. The minimum absolute atomic E-state index is 0.0800.